The van der Waals surface area contributed by atoms with Crippen molar-refractivity contribution in [2.24, 2.45) is 0 Å². The molecule has 0 spiro atoms. The summed E-state index contributed by atoms with van der Waals surface area (Å²) in [5.41, 5.74) is 0.865. The molecule has 0 aliphatic heterocycles. The van der Waals surface area contributed by atoms with Gasteiger partial charge in [0.25, 0.3) is 0 Å². The van der Waals surface area contributed by atoms with Gasteiger partial charge >= 0.3 is 4.87 Å². The summed E-state index contributed by atoms with van der Waals surface area (Å²) in [7, 11) is 0. The second kappa shape index (κ2) is 7.56. The molecule has 0 fully saturated rings. The number of hydrogen-bond donors (Lipinski definition) is 1. The molecule has 0 aromatic carbocycles. The third-order valence-electron chi connectivity index (χ3n) is 3.12. The van der Waals surface area contributed by atoms with Crippen LogP contribution < -0.4 is 10.2 Å². The largest absolute Gasteiger partial charge is 0.309 e. The maximum absolute atomic E-state index is 11.9. The van der Waals surface area contributed by atoms with Crippen molar-refractivity contribution in [2.75, 3.05) is 5.32 Å². The van der Waals surface area contributed by atoms with Gasteiger partial charge in [0.1, 0.15) is 0 Å². The van der Waals surface area contributed by atoms with Gasteiger partial charge in [-0.1, -0.05) is 11.3 Å². The Morgan fingerprint density at radius 3 is 3.00 bits per heavy atom. The molecular formula is C14H17N5O2S. The van der Waals surface area contributed by atoms with E-state index in [0.29, 0.717) is 25.3 Å². The van der Waals surface area contributed by atoms with Crippen molar-refractivity contribution in [3.05, 3.63) is 33.0 Å². The molecule has 1 amide bonds. The topological polar surface area (TPSA) is 92.7 Å². The van der Waals surface area contributed by atoms with Gasteiger partial charge in [0, 0.05) is 49.3 Å². The number of nitrogens with zero attached hydrogens (tertiary/aromatic N) is 4. The molecule has 0 aliphatic carbocycles. The lowest BCUT2D eigenvalue weighted by Gasteiger charge is -2.04. The number of thiazole rings is 1. The van der Waals surface area contributed by atoms with E-state index in [1.807, 2.05) is 6.92 Å². The third-order valence-corrected chi connectivity index (χ3v) is 4.00. The van der Waals surface area contributed by atoms with Crippen LogP contribution in [0.2, 0.25) is 0 Å². The van der Waals surface area contributed by atoms with E-state index in [4.69, 9.17) is 5.26 Å². The van der Waals surface area contributed by atoms with Gasteiger partial charge < -0.3 is 9.88 Å². The van der Waals surface area contributed by atoms with Gasteiger partial charge in [0.05, 0.1) is 6.07 Å². The van der Waals surface area contributed by atoms with Crippen molar-refractivity contribution in [3.63, 3.8) is 0 Å². The number of amides is 1. The van der Waals surface area contributed by atoms with E-state index in [0.717, 1.165) is 23.5 Å². The minimum absolute atomic E-state index is 0.0490. The molecule has 8 heteroatoms. The number of hydrogen-bond acceptors (Lipinski definition) is 5. The van der Waals surface area contributed by atoms with E-state index < -0.39 is 0 Å². The Kier molecular flexibility index (Phi) is 5.49. The Morgan fingerprint density at radius 1 is 1.50 bits per heavy atom. The minimum atomic E-state index is -0.181. The first kappa shape index (κ1) is 16.0. The summed E-state index contributed by atoms with van der Waals surface area (Å²) < 4.78 is 3.28. The fourth-order valence-corrected chi connectivity index (χ4v) is 2.73. The summed E-state index contributed by atoms with van der Waals surface area (Å²) in [5, 5.41) is 17.2. The third kappa shape index (κ3) is 4.30. The number of carbonyl (C=O) groups is 1. The maximum Gasteiger partial charge on any atom is 0.307 e. The molecular weight excluding hydrogens is 302 g/mol. The summed E-state index contributed by atoms with van der Waals surface area (Å²) >= 11 is 1.14. The molecule has 2 aromatic heterocycles. The summed E-state index contributed by atoms with van der Waals surface area (Å²) in [5.74, 6) is 0.302. The van der Waals surface area contributed by atoms with Gasteiger partial charge in [-0.25, -0.2) is 0 Å². The highest BCUT2D eigenvalue weighted by Crippen LogP contribution is 2.06. The maximum atomic E-state index is 11.9. The average molecular weight is 319 g/mol. The fourth-order valence-electron chi connectivity index (χ4n) is 1.97. The van der Waals surface area contributed by atoms with Crippen molar-refractivity contribution >= 4 is 23.1 Å². The Bertz CT molecular complexity index is 737. The van der Waals surface area contributed by atoms with Gasteiger partial charge in [-0.3, -0.25) is 14.3 Å². The van der Waals surface area contributed by atoms with Crippen LogP contribution in [-0.4, -0.2) is 20.3 Å². The molecule has 0 bridgehead atoms. The molecule has 1 N–H and O–H groups in total. The number of aromatic nitrogens is 3. The van der Waals surface area contributed by atoms with Gasteiger partial charge in [-0.05, 0) is 13.3 Å². The summed E-state index contributed by atoms with van der Waals surface area (Å²) in [4.78, 5) is 23.4. The van der Waals surface area contributed by atoms with Crippen LogP contribution in [0.25, 0.3) is 0 Å². The first-order valence-corrected chi connectivity index (χ1v) is 7.83. The van der Waals surface area contributed by atoms with E-state index in [2.05, 4.69) is 16.5 Å². The highest BCUT2D eigenvalue weighted by Gasteiger charge is 2.08. The number of unbranched alkanes of at least 4 members (excludes halogenated alkanes) is 1. The number of nitriles is 1. The zero-order valence-electron chi connectivity index (χ0n) is 12.3. The van der Waals surface area contributed by atoms with Crippen LogP contribution >= 0.6 is 11.3 Å². The number of rotatable bonds is 7. The molecule has 2 heterocycles. The Hall–Kier alpha value is -2.40. The molecule has 0 unspecified atom stereocenters. The molecule has 0 aliphatic rings. The molecule has 116 valence electrons. The normalized spacial score (nSPS) is 10.4. The van der Waals surface area contributed by atoms with E-state index in [1.165, 1.54) is 0 Å². The molecule has 0 saturated carbocycles. The Labute approximate surface area is 131 Å². The second-order valence-corrected chi connectivity index (χ2v) is 5.64. The summed E-state index contributed by atoms with van der Waals surface area (Å²) in [6, 6.07) is 3.79. The van der Waals surface area contributed by atoms with Crippen molar-refractivity contribution in [1.82, 2.24) is 14.3 Å². The Morgan fingerprint density at radius 2 is 2.32 bits per heavy atom. The predicted molar refractivity (Wildman–Crippen MR) is 83.6 cm³/mol. The van der Waals surface area contributed by atoms with Gasteiger partial charge in [0.15, 0.2) is 5.82 Å². The first-order valence-electron chi connectivity index (χ1n) is 6.95. The lowest BCUT2D eigenvalue weighted by atomic mass is 10.3. The SMILES string of the molecule is Cc1csc(=O)n1CCC(=O)Nc1ccn(CCCC#N)n1. The van der Waals surface area contributed by atoms with Crippen molar-refractivity contribution in [1.29, 1.82) is 5.26 Å². The molecule has 0 atom stereocenters. The first-order chi connectivity index (χ1) is 10.6. The fraction of sp³-hybridized carbons (Fsp3) is 0.429. The van der Waals surface area contributed by atoms with Crippen molar-refractivity contribution in [3.8, 4) is 6.07 Å². The molecule has 7 nitrogen and oxygen atoms in total. The van der Waals surface area contributed by atoms with Crippen LogP contribution in [-0.2, 0) is 17.9 Å². The van der Waals surface area contributed by atoms with E-state index in [9.17, 15) is 9.59 Å². The van der Waals surface area contributed by atoms with Crippen LogP contribution in [0.15, 0.2) is 22.4 Å². The lowest BCUT2D eigenvalue weighted by molar-refractivity contribution is -0.116. The monoisotopic (exact) mass is 319 g/mol. The highest BCUT2D eigenvalue weighted by molar-refractivity contribution is 7.07. The van der Waals surface area contributed by atoms with Crippen molar-refractivity contribution in [2.45, 2.75) is 39.3 Å². The lowest BCUT2D eigenvalue weighted by Crippen LogP contribution is -2.20. The van der Waals surface area contributed by atoms with Crippen LogP contribution in [0, 0.1) is 18.3 Å². The average Bonchev–Trinajstić information content (AvgIpc) is 3.05. The van der Waals surface area contributed by atoms with E-state index in [1.54, 1.807) is 26.9 Å². The molecule has 0 saturated heterocycles. The zero-order chi connectivity index (χ0) is 15.9. The summed E-state index contributed by atoms with van der Waals surface area (Å²) in [6.45, 7) is 2.86. The second-order valence-electron chi connectivity index (χ2n) is 4.82. The Balaban J connectivity index is 1.82. The van der Waals surface area contributed by atoms with Crippen molar-refractivity contribution < 1.29 is 4.79 Å². The molecule has 2 aromatic rings. The standard InChI is InChI=1S/C14H17N5O2S/c1-11-10-22-14(21)19(11)9-5-13(20)16-12-4-8-18(17-12)7-3-2-6-15/h4,8,10H,2-3,5,7,9H2,1H3,(H,16,17,20). The van der Waals surface area contributed by atoms with E-state index >= 15 is 0 Å². The zero-order valence-corrected chi connectivity index (χ0v) is 13.1. The number of nitrogens with one attached hydrogen (secondary N) is 1. The van der Waals surface area contributed by atoms with Crippen LogP contribution in [0.1, 0.15) is 25.0 Å². The number of anilines is 1. The van der Waals surface area contributed by atoms with Crippen LogP contribution in [0.4, 0.5) is 5.82 Å². The van der Waals surface area contributed by atoms with Gasteiger partial charge in [-0.15, -0.1) is 0 Å². The van der Waals surface area contributed by atoms with Gasteiger partial charge in [0.2, 0.25) is 5.91 Å². The van der Waals surface area contributed by atoms with Gasteiger partial charge in [-0.2, -0.15) is 10.4 Å². The minimum Gasteiger partial charge on any atom is -0.309 e. The summed E-state index contributed by atoms with van der Waals surface area (Å²) in [6.07, 6.45) is 3.20. The predicted octanol–water partition coefficient (Wildman–Crippen LogP) is 1.75. The molecule has 22 heavy (non-hydrogen) atoms. The van der Waals surface area contributed by atoms with Crippen LogP contribution in [0.5, 0.6) is 0 Å². The number of carbonyl (C=O) groups excluding carboxylic acids is 1. The van der Waals surface area contributed by atoms with Crippen LogP contribution in [0.3, 0.4) is 0 Å². The molecule has 0 radical (unpaired) electrons. The quantitative estimate of drug-likeness (QED) is 0.787. The molecule has 2 rings (SSSR count). The van der Waals surface area contributed by atoms with E-state index in [-0.39, 0.29) is 17.2 Å². The highest BCUT2D eigenvalue weighted by atomic mass is 32.1. The smallest absolute Gasteiger partial charge is 0.307 e. The number of aryl methyl sites for hydroxylation is 2.